The zero-order chi connectivity index (χ0) is 14.7. The summed E-state index contributed by atoms with van der Waals surface area (Å²) in [4.78, 5) is 14.6. The zero-order valence-electron chi connectivity index (χ0n) is 11.8. The van der Waals surface area contributed by atoms with Crippen molar-refractivity contribution in [2.24, 2.45) is 5.92 Å². The lowest BCUT2D eigenvalue weighted by Crippen LogP contribution is -2.46. The van der Waals surface area contributed by atoms with E-state index >= 15 is 0 Å². The molecule has 1 fully saturated rings. The second-order valence-electron chi connectivity index (χ2n) is 5.53. The molecule has 1 aromatic rings. The molecule has 1 N–H and O–H groups in total. The molecule has 2 atom stereocenters. The van der Waals surface area contributed by atoms with Crippen LogP contribution in [0.15, 0.2) is 18.2 Å². The van der Waals surface area contributed by atoms with Gasteiger partial charge in [0.25, 0.3) is 0 Å². The fraction of sp³-hybridized carbons (Fsp3) is 0.533. The third-order valence-corrected chi connectivity index (χ3v) is 4.37. The lowest BCUT2D eigenvalue weighted by Gasteiger charge is -2.34. The van der Waals surface area contributed by atoms with Gasteiger partial charge < -0.3 is 5.32 Å². The van der Waals surface area contributed by atoms with Gasteiger partial charge in [0.2, 0.25) is 5.91 Å². The van der Waals surface area contributed by atoms with Crippen LogP contribution in [-0.4, -0.2) is 29.9 Å². The standard InChI is InChI=1S/C15H20Cl2N2O/c1-10-4-3-7-19(9-10)11(2)15(20)18-14-8-12(16)5-6-13(14)17/h5-6,8,10-11H,3-4,7,9H2,1-2H3,(H,18,20)/t10-,11-/m1/s1. The molecule has 1 aliphatic rings. The number of nitrogens with one attached hydrogen (secondary N) is 1. The predicted octanol–water partition coefficient (Wildman–Crippen LogP) is 4.05. The number of benzene rings is 1. The fourth-order valence-electron chi connectivity index (χ4n) is 2.57. The normalized spacial score (nSPS) is 21.5. The van der Waals surface area contributed by atoms with Crippen molar-refractivity contribution in [3.8, 4) is 0 Å². The molecular weight excluding hydrogens is 295 g/mol. The number of halogens is 2. The Kier molecular flexibility index (Phi) is 5.30. The van der Waals surface area contributed by atoms with E-state index in [1.54, 1.807) is 18.2 Å². The molecule has 1 heterocycles. The third-order valence-electron chi connectivity index (χ3n) is 3.80. The van der Waals surface area contributed by atoms with Gasteiger partial charge in [0.1, 0.15) is 0 Å². The van der Waals surface area contributed by atoms with Crippen LogP contribution < -0.4 is 5.32 Å². The number of rotatable bonds is 3. The van der Waals surface area contributed by atoms with Crippen molar-refractivity contribution in [1.29, 1.82) is 0 Å². The first-order chi connectivity index (χ1) is 9.47. The van der Waals surface area contributed by atoms with Crippen molar-refractivity contribution in [2.45, 2.75) is 32.7 Å². The largest absolute Gasteiger partial charge is 0.323 e. The maximum absolute atomic E-state index is 12.3. The van der Waals surface area contributed by atoms with Gasteiger partial charge in [0.15, 0.2) is 0 Å². The Morgan fingerprint density at radius 2 is 2.20 bits per heavy atom. The number of carbonyl (C=O) groups is 1. The highest BCUT2D eigenvalue weighted by Gasteiger charge is 2.25. The number of anilines is 1. The van der Waals surface area contributed by atoms with Crippen LogP contribution in [0.1, 0.15) is 26.7 Å². The Morgan fingerprint density at radius 3 is 2.90 bits per heavy atom. The van der Waals surface area contributed by atoms with Crippen molar-refractivity contribution in [2.75, 3.05) is 18.4 Å². The van der Waals surface area contributed by atoms with E-state index in [0.29, 0.717) is 21.7 Å². The number of hydrogen-bond acceptors (Lipinski definition) is 2. The third kappa shape index (κ3) is 3.87. The average Bonchev–Trinajstić information content (AvgIpc) is 2.42. The van der Waals surface area contributed by atoms with Crippen molar-refractivity contribution in [3.63, 3.8) is 0 Å². The number of amides is 1. The molecule has 0 bridgehead atoms. The van der Waals surface area contributed by atoms with Crippen LogP contribution in [0, 0.1) is 5.92 Å². The Bertz CT molecular complexity index is 493. The molecule has 110 valence electrons. The molecule has 3 nitrogen and oxygen atoms in total. The molecule has 0 aliphatic carbocycles. The monoisotopic (exact) mass is 314 g/mol. The number of piperidine rings is 1. The summed E-state index contributed by atoms with van der Waals surface area (Å²) in [6.07, 6.45) is 2.39. The summed E-state index contributed by atoms with van der Waals surface area (Å²) < 4.78 is 0. The zero-order valence-corrected chi connectivity index (χ0v) is 13.3. The Balaban J connectivity index is 2.02. The highest BCUT2D eigenvalue weighted by atomic mass is 35.5. The Morgan fingerprint density at radius 1 is 1.45 bits per heavy atom. The van der Waals surface area contributed by atoms with Gasteiger partial charge in [-0.1, -0.05) is 30.1 Å². The summed E-state index contributed by atoms with van der Waals surface area (Å²) in [5.74, 6) is 0.608. The molecule has 2 rings (SSSR count). The molecule has 1 amide bonds. The topological polar surface area (TPSA) is 32.3 Å². The van der Waals surface area contributed by atoms with Crippen LogP contribution in [0.5, 0.6) is 0 Å². The van der Waals surface area contributed by atoms with Crippen LogP contribution in [0.3, 0.4) is 0 Å². The molecule has 0 unspecified atom stereocenters. The minimum Gasteiger partial charge on any atom is -0.323 e. The van der Waals surface area contributed by atoms with Crippen LogP contribution in [-0.2, 0) is 4.79 Å². The molecule has 0 aromatic heterocycles. The Hall–Kier alpha value is -0.770. The first-order valence-corrected chi connectivity index (χ1v) is 7.73. The van der Waals surface area contributed by atoms with Crippen LogP contribution in [0.25, 0.3) is 0 Å². The van der Waals surface area contributed by atoms with E-state index in [1.807, 2.05) is 6.92 Å². The second kappa shape index (κ2) is 6.79. The average molecular weight is 315 g/mol. The number of likely N-dealkylation sites (tertiary alicyclic amines) is 1. The summed E-state index contributed by atoms with van der Waals surface area (Å²) in [6.45, 7) is 6.11. The molecule has 5 heteroatoms. The molecule has 0 radical (unpaired) electrons. The van der Waals surface area contributed by atoms with Gasteiger partial charge >= 0.3 is 0 Å². The summed E-state index contributed by atoms with van der Waals surface area (Å²) in [5.41, 5.74) is 0.570. The van der Waals surface area contributed by atoms with Gasteiger partial charge in [0.05, 0.1) is 16.8 Å². The van der Waals surface area contributed by atoms with E-state index < -0.39 is 0 Å². The Labute approximate surface area is 130 Å². The fourth-order valence-corrected chi connectivity index (χ4v) is 2.91. The van der Waals surface area contributed by atoms with Gasteiger partial charge in [-0.3, -0.25) is 9.69 Å². The lowest BCUT2D eigenvalue weighted by atomic mass is 9.99. The molecule has 1 aromatic carbocycles. The molecule has 0 spiro atoms. The highest BCUT2D eigenvalue weighted by Crippen LogP contribution is 2.26. The number of hydrogen-bond donors (Lipinski definition) is 1. The van der Waals surface area contributed by atoms with Crippen molar-refractivity contribution in [1.82, 2.24) is 4.90 Å². The molecule has 1 aliphatic heterocycles. The number of carbonyl (C=O) groups excluding carboxylic acids is 1. The lowest BCUT2D eigenvalue weighted by molar-refractivity contribution is -0.121. The maximum atomic E-state index is 12.3. The van der Waals surface area contributed by atoms with Crippen LogP contribution in [0.4, 0.5) is 5.69 Å². The number of nitrogens with zero attached hydrogens (tertiary/aromatic N) is 1. The first-order valence-electron chi connectivity index (χ1n) is 6.97. The summed E-state index contributed by atoms with van der Waals surface area (Å²) >= 11 is 12.0. The minimum atomic E-state index is -0.159. The van der Waals surface area contributed by atoms with E-state index in [0.717, 1.165) is 19.5 Å². The molecule has 20 heavy (non-hydrogen) atoms. The SMILES string of the molecule is C[C@@H]1CCCN([C@H](C)C(=O)Nc2cc(Cl)ccc2Cl)C1. The summed E-state index contributed by atoms with van der Waals surface area (Å²) in [7, 11) is 0. The summed E-state index contributed by atoms with van der Waals surface area (Å²) in [6, 6.07) is 4.91. The second-order valence-corrected chi connectivity index (χ2v) is 6.38. The summed E-state index contributed by atoms with van der Waals surface area (Å²) in [5, 5.41) is 3.93. The van der Waals surface area contributed by atoms with Crippen molar-refractivity contribution < 1.29 is 4.79 Å². The molecule has 1 saturated heterocycles. The van der Waals surface area contributed by atoms with E-state index in [9.17, 15) is 4.79 Å². The smallest absolute Gasteiger partial charge is 0.241 e. The van der Waals surface area contributed by atoms with Gasteiger partial charge in [-0.15, -0.1) is 0 Å². The molecule has 0 saturated carbocycles. The van der Waals surface area contributed by atoms with Crippen molar-refractivity contribution in [3.05, 3.63) is 28.2 Å². The maximum Gasteiger partial charge on any atom is 0.241 e. The van der Waals surface area contributed by atoms with Gasteiger partial charge in [0, 0.05) is 11.6 Å². The van der Waals surface area contributed by atoms with Gasteiger partial charge in [-0.2, -0.15) is 0 Å². The van der Waals surface area contributed by atoms with Crippen molar-refractivity contribution >= 4 is 34.8 Å². The van der Waals surface area contributed by atoms with Gasteiger partial charge in [-0.05, 0) is 50.4 Å². The van der Waals surface area contributed by atoms with Crippen LogP contribution >= 0.6 is 23.2 Å². The quantitative estimate of drug-likeness (QED) is 0.912. The van der Waals surface area contributed by atoms with E-state index in [-0.39, 0.29) is 11.9 Å². The van der Waals surface area contributed by atoms with E-state index in [2.05, 4.69) is 17.1 Å². The van der Waals surface area contributed by atoms with Gasteiger partial charge in [-0.25, -0.2) is 0 Å². The first kappa shape index (κ1) is 15.6. The minimum absolute atomic E-state index is 0.0386. The van der Waals surface area contributed by atoms with E-state index in [4.69, 9.17) is 23.2 Å². The molecular formula is C15H20Cl2N2O. The highest BCUT2D eigenvalue weighted by molar-refractivity contribution is 6.35. The van der Waals surface area contributed by atoms with Crippen LogP contribution in [0.2, 0.25) is 10.0 Å². The van der Waals surface area contributed by atoms with E-state index in [1.165, 1.54) is 6.42 Å². The predicted molar refractivity (Wildman–Crippen MR) is 84.5 cm³/mol.